The van der Waals surface area contributed by atoms with Crippen LogP contribution >= 0.6 is 0 Å². The Kier molecular flexibility index (Phi) is 5.73. The molecule has 0 fully saturated rings. The van der Waals surface area contributed by atoms with Gasteiger partial charge in [-0.15, -0.1) is 0 Å². The summed E-state index contributed by atoms with van der Waals surface area (Å²) in [7, 11) is 0. The molecule has 0 unspecified atom stereocenters. The molecule has 0 amide bonds. The minimum Gasteiger partial charge on any atom is -0.462 e. The van der Waals surface area contributed by atoms with Gasteiger partial charge in [0.15, 0.2) is 0 Å². The molecule has 1 aromatic carbocycles. The fraction of sp³-hybridized carbons (Fsp3) is 0.389. The summed E-state index contributed by atoms with van der Waals surface area (Å²) in [6.07, 6.45) is 3.22. The number of hydrogen-bond acceptors (Lipinski definition) is 6. The smallest absolute Gasteiger partial charge is 0.338 e. The van der Waals surface area contributed by atoms with E-state index in [0.29, 0.717) is 18.7 Å². The van der Waals surface area contributed by atoms with Gasteiger partial charge >= 0.3 is 5.97 Å². The summed E-state index contributed by atoms with van der Waals surface area (Å²) in [6.45, 7) is 8.93. The third kappa shape index (κ3) is 5.22. The number of rotatable bonds is 6. The van der Waals surface area contributed by atoms with E-state index in [1.54, 1.807) is 25.3 Å². The first kappa shape index (κ1) is 17.7. The lowest BCUT2D eigenvalue weighted by atomic mass is 10.1. The molecule has 0 radical (unpaired) electrons. The van der Waals surface area contributed by atoms with Gasteiger partial charge in [-0.1, -0.05) is 0 Å². The van der Waals surface area contributed by atoms with Gasteiger partial charge in [-0.3, -0.25) is 0 Å². The number of nitrogens with one attached hydrogen (secondary N) is 2. The Morgan fingerprint density at radius 3 is 2.62 bits per heavy atom. The van der Waals surface area contributed by atoms with Crippen molar-refractivity contribution in [3.05, 3.63) is 48.0 Å². The Morgan fingerprint density at radius 2 is 2.00 bits per heavy atom. The Bertz CT molecular complexity index is 681. The zero-order chi connectivity index (χ0) is 17.6. The molecule has 2 rings (SSSR count). The molecule has 6 heteroatoms. The van der Waals surface area contributed by atoms with Gasteiger partial charge in [-0.2, -0.15) is 0 Å². The van der Waals surface area contributed by atoms with E-state index < -0.39 is 0 Å². The lowest BCUT2D eigenvalue weighted by Gasteiger charge is -2.25. The molecule has 128 valence electrons. The summed E-state index contributed by atoms with van der Waals surface area (Å²) in [6, 6.07) is 7.30. The van der Waals surface area contributed by atoms with Crippen molar-refractivity contribution >= 4 is 17.3 Å². The molecule has 2 aromatic rings. The second-order valence-electron chi connectivity index (χ2n) is 6.41. The van der Waals surface area contributed by atoms with Crippen LogP contribution in [-0.2, 0) is 11.3 Å². The van der Waals surface area contributed by atoms with E-state index in [0.717, 1.165) is 17.1 Å². The van der Waals surface area contributed by atoms with Crippen molar-refractivity contribution in [2.24, 2.45) is 0 Å². The average Bonchev–Trinajstić information content (AvgIpc) is 2.53. The largest absolute Gasteiger partial charge is 0.462 e. The first-order valence-corrected chi connectivity index (χ1v) is 7.97. The normalized spacial score (nSPS) is 11.0. The van der Waals surface area contributed by atoms with Crippen LogP contribution in [0, 0.1) is 0 Å². The van der Waals surface area contributed by atoms with E-state index in [9.17, 15) is 4.79 Å². The van der Waals surface area contributed by atoms with Crippen LogP contribution < -0.4 is 10.6 Å². The highest BCUT2D eigenvalue weighted by Gasteiger charge is 2.15. The maximum atomic E-state index is 12.0. The van der Waals surface area contributed by atoms with Gasteiger partial charge in [0.25, 0.3) is 0 Å². The topological polar surface area (TPSA) is 76.1 Å². The van der Waals surface area contributed by atoms with Gasteiger partial charge < -0.3 is 15.4 Å². The number of anilines is 2. The van der Waals surface area contributed by atoms with E-state index in [1.807, 2.05) is 12.1 Å². The number of nitrogens with zero attached hydrogens (tertiary/aromatic N) is 2. The monoisotopic (exact) mass is 328 g/mol. The van der Waals surface area contributed by atoms with Crippen LogP contribution in [0.2, 0.25) is 0 Å². The molecule has 0 aliphatic rings. The number of hydrogen-bond donors (Lipinski definition) is 2. The molecule has 0 spiro atoms. The molecular formula is C18H24N4O2. The van der Waals surface area contributed by atoms with Crippen LogP contribution in [0.1, 0.15) is 43.7 Å². The quantitative estimate of drug-likeness (QED) is 0.791. The Labute approximate surface area is 142 Å². The first-order valence-electron chi connectivity index (χ1n) is 7.97. The first-order chi connectivity index (χ1) is 11.4. The number of benzene rings is 1. The summed E-state index contributed by atoms with van der Waals surface area (Å²) >= 11 is 0. The van der Waals surface area contributed by atoms with Crippen LogP contribution in [0.15, 0.2) is 36.8 Å². The van der Waals surface area contributed by atoms with E-state index in [2.05, 4.69) is 41.4 Å². The summed E-state index contributed by atoms with van der Waals surface area (Å²) in [4.78, 5) is 20.1. The number of esters is 1. The molecule has 0 saturated carbocycles. The zero-order valence-electron chi connectivity index (χ0n) is 14.6. The van der Waals surface area contributed by atoms with Gasteiger partial charge in [0.05, 0.1) is 35.8 Å². The van der Waals surface area contributed by atoms with Crippen molar-refractivity contribution in [2.45, 2.75) is 39.8 Å². The number of aromatic nitrogens is 2. The third-order valence-electron chi connectivity index (χ3n) is 3.14. The van der Waals surface area contributed by atoms with Crippen molar-refractivity contribution in [1.82, 2.24) is 9.97 Å². The minimum atomic E-state index is -0.329. The molecule has 1 aromatic heterocycles. The lowest BCUT2D eigenvalue weighted by Crippen LogP contribution is -2.26. The van der Waals surface area contributed by atoms with E-state index in [-0.39, 0.29) is 11.5 Å². The predicted molar refractivity (Wildman–Crippen MR) is 95.1 cm³/mol. The predicted octanol–water partition coefficient (Wildman–Crippen LogP) is 3.48. The van der Waals surface area contributed by atoms with E-state index in [1.165, 1.54) is 6.33 Å². The second-order valence-corrected chi connectivity index (χ2v) is 6.41. The van der Waals surface area contributed by atoms with Crippen molar-refractivity contribution in [2.75, 3.05) is 17.2 Å². The molecule has 2 N–H and O–H groups in total. The summed E-state index contributed by atoms with van der Waals surface area (Å²) in [5, 5.41) is 6.77. The molecule has 0 aliphatic carbocycles. The molecule has 0 saturated heterocycles. The SMILES string of the molecule is CCOC(=O)c1ccc(NC(C)(C)C)c(NCc2ccncn2)c1. The third-order valence-corrected chi connectivity index (χ3v) is 3.14. The fourth-order valence-corrected chi connectivity index (χ4v) is 2.15. The molecule has 0 bridgehead atoms. The van der Waals surface area contributed by atoms with Crippen LogP contribution in [0.4, 0.5) is 11.4 Å². The Hall–Kier alpha value is -2.63. The molecule has 1 heterocycles. The molecule has 0 atom stereocenters. The fourth-order valence-electron chi connectivity index (χ4n) is 2.15. The zero-order valence-corrected chi connectivity index (χ0v) is 14.6. The summed E-state index contributed by atoms with van der Waals surface area (Å²) in [5.41, 5.74) is 3.03. The maximum absolute atomic E-state index is 12.0. The highest BCUT2D eigenvalue weighted by molar-refractivity contribution is 5.92. The second kappa shape index (κ2) is 7.77. The summed E-state index contributed by atoms with van der Waals surface area (Å²) in [5.74, 6) is -0.329. The van der Waals surface area contributed by atoms with Crippen LogP contribution in [-0.4, -0.2) is 28.1 Å². The van der Waals surface area contributed by atoms with Gasteiger partial charge in [-0.25, -0.2) is 14.8 Å². The Morgan fingerprint density at radius 1 is 1.21 bits per heavy atom. The highest BCUT2D eigenvalue weighted by Crippen LogP contribution is 2.27. The number of carbonyl (C=O) groups is 1. The van der Waals surface area contributed by atoms with Gasteiger partial charge in [-0.05, 0) is 52.0 Å². The minimum absolute atomic E-state index is 0.100. The van der Waals surface area contributed by atoms with Gasteiger partial charge in [0.1, 0.15) is 6.33 Å². The average molecular weight is 328 g/mol. The van der Waals surface area contributed by atoms with Crippen LogP contribution in [0.5, 0.6) is 0 Å². The van der Waals surface area contributed by atoms with Gasteiger partial charge in [0, 0.05) is 11.7 Å². The lowest BCUT2D eigenvalue weighted by molar-refractivity contribution is 0.0526. The number of ether oxygens (including phenoxy) is 1. The number of carbonyl (C=O) groups excluding carboxylic acids is 1. The van der Waals surface area contributed by atoms with Crippen molar-refractivity contribution < 1.29 is 9.53 Å². The highest BCUT2D eigenvalue weighted by atomic mass is 16.5. The molecule has 0 aliphatic heterocycles. The summed E-state index contributed by atoms with van der Waals surface area (Å²) < 4.78 is 5.08. The van der Waals surface area contributed by atoms with Gasteiger partial charge in [0.2, 0.25) is 0 Å². The molecule has 24 heavy (non-hydrogen) atoms. The maximum Gasteiger partial charge on any atom is 0.338 e. The molecular weight excluding hydrogens is 304 g/mol. The van der Waals surface area contributed by atoms with E-state index in [4.69, 9.17) is 4.74 Å². The van der Waals surface area contributed by atoms with Crippen molar-refractivity contribution in [3.8, 4) is 0 Å². The standard InChI is InChI=1S/C18H24N4O2/c1-5-24-17(23)13-6-7-15(22-18(2,3)4)16(10-13)20-11-14-8-9-19-12-21-14/h6-10,12,20,22H,5,11H2,1-4H3. The Balaban J connectivity index is 2.25. The van der Waals surface area contributed by atoms with E-state index >= 15 is 0 Å². The van der Waals surface area contributed by atoms with Crippen molar-refractivity contribution in [1.29, 1.82) is 0 Å². The molecule has 6 nitrogen and oxygen atoms in total. The van der Waals surface area contributed by atoms with Crippen LogP contribution in [0.25, 0.3) is 0 Å². The van der Waals surface area contributed by atoms with Crippen LogP contribution in [0.3, 0.4) is 0 Å². The van der Waals surface area contributed by atoms with Crippen molar-refractivity contribution in [3.63, 3.8) is 0 Å².